The summed E-state index contributed by atoms with van der Waals surface area (Å²) in [6.07, 6.45) is 35.0. The van der Waals surface area contributed by atoms with E-state index in [1.54, 1.807) is 0 Å². The van der Waals surface area contributed by atoms with Gasteiger partial charge in [0, 0.05) is 6.42 Å². The number of unbranched alkanes of at least 4 members (excludes halogenated alkanes) is 29. The van der Waals surface area contributed by atoms with Crippen LogP contribution in [0.5, 0.6) is 0 Å². The van der Waals surface area contributed by atoms with Gasteiger partial charge in [0.05, 0.1) is 25.4 Å². The smallest absolute Gasteiger partial charge is 0.394 e. The van der Waals surface area contributed by atoms with Gasteiger partial charge in [0.15, 0.2) is 6.29 Å². The quantitative estimate of drug-likeness (QED) is 0.0194. The first-order valence-corrected chi connectivity index (χ1v) is 26.4. The number of aliphatic hydroxyl groups is 4. The summed E-state index contributed by atoms with van der Waals surface area (Å²) < 4.78 is 47.7. The lowest BCUT2D eigenvalue weighted by molar-refractivity contribution is -0.298. The maximum Gasteiger partial charge on any atom is 0.397 e. The van der Waals surface area contributed by atoms with Crippen LogP contribution < -0.4 is 5.32 Å². The van der Waals surface area contributed by atoms with Gasteiger partial charge < -0.3 is 35.2 Å². The van der Waals surface area contributed by atoms with Crippen LogP contribution in [-0.2, 0) is 28.9 Å². The summed E-state index contributed by atoms with van der Waals surface area (Å²) >= 11 is 0. The van der Waals surface area contributed by atoms with Crippen molar-refractivity contribution >= 4 is 16.3 Å². The van der Waals surface area contributed by atoms with E-state index < -0.39 is 59.9 Å². The third-order valence-electron chi connectivity index (χ3n) is 12.1. The minimum absolute atomic E-state index is 0.244. The van der Waals surface area contributed by atoms with Crippen molar-refractivity contribution in [2.75, 3.05) is 13.2 Å². The Labute approximate surface area is 372 Å². The van der Waals surface area contributed by atoms with Crippen LogP contribution in [0.25, 0.3) is 0 Å². The fourth-order valence-electron chi connectivity index (χ4n) is 8.16. The molecule has 0 radical (unpaired) electrons. The number of amides is 1. The molecule has 12 nitrogen and oxygen atoms in total. The van der Waals surface area contributed by atoms with Crippen molar-refractivity contribution in [2.24, 2.45) is 0 Å². The highest BCUT2D eigenvalue weighted by atomic mass is 32.3. The Kier molecular flexibility index (Phi) is 37.2. The highest BCUT2D eigenvalue weighted by Crippen LogP contribution is 2.26. The van der Waals surface area contributed by atoms with Crippen molar-refractivity contribution in [1.82, 2.24) is 5.32 Å². The molecule has 0 saturated carbocycles. The van der Waals surface area contributed by atoms with E-state index in [-0.39, 0.29) is 18.9 Å². The molecule has 0 aliphatic carbocycles. The molecule has 1 fully saturated rings. The minimum Gasteiger partial charge on any atom is -0.394 e. The maximum absolute atomic E-state index is 13.0. The molecule has 7 atom stereocenters. The number of hydrogen-bond acceptors (Lipinski definition) is 10. The van der Waals surface area contributed by atoms with E-state index in [2.05, 4.69) is 35.5 Å². The zero-order chi connectivity index (χ0) is 44.8. The normalized spacial score (nSPS) is 20.7. The van der Waals surface area contributed by atoms with Gasteiger partial charge in [-0.2, -0.15) is 8.42 Å². The predicted molar refractivity (Wildman–Crippen MR) is 246 cm³/mol. The van der Waals surface area contributed by atoms with Gasteiger partial charge in [-0.05, 0) is 38.5 Å². The van der Waals surface area contributed by atoms with Crippen LogP contribution in [0.4, 0.5) is 0 Å². The molecular weight excluding hydrogens is 799 g/mol. The second kappa shape index (κ2) is 39.2. The van der Waals surface area contributed by atoms with Gasteiger partial charge in [-0.3, -0.25) is 9.35 Å². The van der Waals surface area contributed by atoms with Crippen LogP contribution >= 0.6 is 0 Å². The first-order chi connectivity index (χ1) is 29.5. The first-order valence-electron chi connectivity index (χ1n) is 25.1. The third-order valence-corrected chi connectivity index (χ3v) is 12.5. The minimum atomic E-state index is -5.08. The number of allylic oxidation sites excluding steroid dienone is 2. The van der Waals surface area contributed by atoms with Crippen LogP contribution in [0.3, 0.4) is 0 Å². The Morgan fingerprint density at radius 2 is 1.05 bits per heavy atom. The second-order valence-electron chi connectivity index (χ2n) is 17.8. The maximum atomic E-state index is 13.0. The first kappa shape index (κ1) is 57.9. The van der Waals surface area contributed by atoms with Crippen LogP contribution in [0.2, 0.25) is 0 Å². The Morgan fingerprint density at radius 3 is 1.48 bits per heavy atom. The van der Waals surface area contributed by atoms with E-state index in [0.29, 0.717) is 12.8 Å². The SMILES string of the molecule is CCCCCCCC/C=C\CCCCCC(=O)NC(COC1OC(CO)C(O)C(OS(=O)(=O)O)C1O)C(O)CCCCCCCCCCCCCCCCCCCCCCC. The number of ether oxygens (including phenoxy) is 2. The van der Waals surface area contributed by atoms with Crippen molar-refractivity contribution in [3.05, 3.63) is 12.2 Å². The molecule has 1 heterocycles. The Balaban J connectivity index is 2.43. The number of nitrogens with one attached hydrogen (secondary N) is 1. The summed E-state index contributed by atoms with van der Waals surface area (Å²) in [4.78, 5) is 13.0. The molecule has 0 aromatic heterocycles. The molecule has 0 aromatic rings. The molecule has 0 aromatic carbocycles. The van der Waals surface area contributed by atoms with Crippen molar-refractivity contribution in [3.8, 4) is 0 Å². The van der Waals surface area contributed by atoms with E-state index in [0.717, 1.165) is 51.4 Å². The van der Waals surface area contributed by atoms with Gasteiger partial charge in [0.25, 0.3) is 0 Å². The van der Waals surface area contributed by atoms with Gasteiger partial charge in [-0.1, -0.05) is 199 Å². The number of rotatable bonds is 43. The van der Waals surface area contributed by atoms with Gasteiger partial charge in [0.1, 0.15) is 24.4 Å². The monoisotopic (exact) mass is 892 g/mol. The molecule has 1 rings (SSSR count). The van der Waals surface area contributed by atoms with Crippen LogP contribution in [0.1, 0.15) is 232 Å². The third kappa shape index (κ3) is 32.2. The zero-order valence-corrected chi connectivity index (χ0v) is 39.6. The summed E-state index contributed by atoms with van der Waals surface area (Å²) in [5.41, 5.74) is 0. The number of hydrogen-bond donors (Lipinski definition) is 6. The summed E-state index contributed by atoms with van der Waals surface area (Å²) in [6, 6.07) is -0.862. The van der Waals surface area contributed by atoms with E-state index in [9.17, 15) is 38.2 Å². The summed E-state index contributed by atoms with van der Waals surface area (Å²) in [5.74, 6) is -0.244. The predicted octanol–water partition coefficient (Wildman–Crippen LogP) is 10.3. The molecule has 61 heavy (non-hydrogen) atoms. The van der Waals surface area contributed by atoms with Crippen molar-refractivity contribution < 1.29 is 51.8 Å². The molecule has 0 bridgehead atoms. The molecule has 1 aliphatic rings. The molecule has 1 amide bonds. The molecule has 1 aliphatic heterocycles. The highest BCUT2D eigenvalue weighted by Gasteiger charge is 2.48. The topological polar surface area (TPSA) is 192 Å². The van der Waals surface area contributed by atoms with Gasteiger partial charge in [-0.15, -0.1) is 0 Å². The van der Waals surface area contributed by atoms with Gasteiger partial charge in [0.2, 0.25) is 5.91 Å². The summed E-state index contributed by atoms with van der Waals surface area (Å²) in [5, 5.41) is 44.9. The Bertz CT molecular complexity index is 1140. The number of aliphatic hydroxyl groups excluding tert-OH is 4. The highest BCUT2D eigenvalue weighted by molar-refractivity contribution is 7.80. The van der Waals surface area contributed by atoms with Crippen LogP contribution in [0, 0.1) is 0 Å². The lowest BCUT2D eigenvalue weighted by atomic mass is 9.99. The van der Waals surface area contributed by atoms with Crippen LogP contribution in [0.15, 0.2) is 12.2 Å². The molecule has 7 unspecified atom stereocenters. The molecule has 362 valence electrons. The lowest BCUT2D eigenvalue weighted by Crippen LogP contribution is -2.61. The lowest BCUT2D eigenvalue weighted by Gasteiger charge is -2.41. The summed E-state index contributed by atoms with van der Waals surface area (Å²) in [6.45, 7) is 3.44. The Hall–Kier alpha value is -1.16. The van der Waals surface area contributed by atoms with Crippen molar-refractivity contribution in [1.29, 1.82) is 0 Å². The molecule has 13 heteroatoms. The van der Waals surface area contributed by atoms with Gasteiger partial charge >= 0.3 is 10.4 Å². The zero-order valence-electron chi connectivity index (χ0n) is 38.7. The number of carbonyl (C=O) groups is 1. The Morgan fingerprint density at radius 1 is 0.639 bits per heavy atom. The largest absolute Gasteiger partial charge is 0.397 e. The molecule has 1 saturated heterocycles. The van der Waals surface area contributed by atoms with Crippen molar-refractivity contribution in [2.45, 2.75) is 275 Å². The average molecular weight is 892 g/mol. The molecule has 0 spiro atoms. The van der Waals surface area contributed by atoms with Crippen LogP contribution in [-0.4, -0.2) is 95.4 Å². The standard InChI is InChI=1S/C48H93NO11S/c1-3-5-7-9-11-13-15-17-18-19-20-21-22-23-24-26-27-29-31-33-35-37-42(51)41(40-58-48-46(54)47(60-61(55,56)57)45(53)43(39-50)59-48)49-44(52)38-36-34-32-30-28-25-16-14-12-10-8-6-4-2/h25,28,41-43,45-48,50-51,53-54H,3-24,26-27,29-40H2,1-2H3,(H,49,52)(H,55,56,57)/b28-25-. The fraction of sp³-hybridized carbons (Fsp3) is 0.938. The summed E-state index contributed by atoms with van der Waals surface area (Å²) in [7, 11) is -5.08. The molecular formula is C48H93NO11S. The number of carbonyl (C=O) groups excluding carboxylic acids is 1. The van der Waals surface area contributed by atoms with Crippen molar-refractivity contribution in [3.63, 3.8) is 0 Å². The van der Waals surface area contributed by atoms with E-state index in [1.165, 1.54) is 148 Å². The average Bonchev–Trinajstić information content (AvgIpc) is 3.23. The van der Waals surface area contributed by atoms with E-state index >= 15 is 0 Å². The van der Waals surface area contributed by atoms with E-state index in [4.69, 9.17) is 9.47 Å². The van der Waals surface area contributed by atoms with Gasteiger partial charge in [-0.25, -0.2) is 4.18 Å². The van der Waals surface area contributed by atoms with E-state index in [1.807, 2.05) is 0 Å². The molecule has 6 N–H and O–H groups in total. The fourth-order valence-corrected chi connectivity index (χ4v) is 8.67. The second-order valence-corrected chi connectivity index (χ2v) is 18.8.